The number of anilines is 1. The van der Waals surface area contributed by atoms with Gasteiger partial charge in [-0.25, -0.2) is 4.98 Å². The van der Waals surface area contributed by atoms with E-state index in [4.69, 9.17) is 4.98 Å². The molecular formula is C26H21N7OS. The smallest absolute Gasteiger partial charge is 0.169 e. The van der Waals surface area contributed by atoms with Crippen molar-refractivity contribution in [2.75, 3.05) is 19.0 Å². The molecule has 0 atom stereocenters. The maximum absolute atomic E-state index is 11.8. The summed E-state index contributed by atoms with van der Waals surface area (Å²) in [7, 11) is 3.98. The van der Waals surface area contributed by atoms with Gasteiger partial charge in [0.05, 0.1) is 44.2 Å². The van der Waals surface area contributed by atoms with Gasteiger partial charge >= 0.3 is 0 Å². The summed E-state index contributed by atoms with van der Waals surface area (Å²) in [5.41, 5.74) is 7.74. The molecule has 0 amide bonds. The third kappa shape index (κ3) is 3.66. The van der Waals surface area contributed by atoms with E-state index < -0.39 is 0 Å². The van der Waals surface area contributed by atoms with Gasteiger partial charge in [-0.3, -0.25) is 19.9 Å². The molecule has 0 aromatic carbocycles. The van der Waals surface area contributed by atoms with Crippen LogP contribution in [0.4, 0.5) is 5.69 Å². The fraction of sp³-hybridized carbons (Fsp3) is 0.115. The molecule has 0 spiro atoms. The standard InChI is InChI=1S/C26H21N7OS/c1-14(34)22-6-7-23(35-22)24-17-11-21(29-19(17)8-9-28-24)26-25-20(31-32-26)5-4-18(30-25)15-10-16(33(2)3)13-27-12-15/h4-13,29H,1-3H3,(H,31,32). The summed E-state index contributed by atoms with van der Waals surface area (Å²) in [4.78, 5) is 32.8. The molecule has 0 fully saturated rings. The van der Waals surface area contributed by atoms with E-state index in [1.54, 1.807) is 13.1 Å². The van der Waals surface area contributed by atoms with E-state index in [9.17, 15) is 4.79 Å². The lowest BCUT2D eigenvalue weighted by molar-refractivity contribution is 0.102. The third-order valence-corrected chi connectivity index (χ3v) is 7.13. The van der Waals surface area contributed by atoms with Crippen LogP contribution in [-0.2, 0) is 0 Å². The van der Waals surface area contributed by atoms with Crippen molar-refractivity contribution in [2.45, 2.75) is 6.92 Å². The Bertz CT molecular complexity index is 1730. The fourth-order valence-corrected chi connectivity index (χ4v) is 5.00. The van der Waals surface area contributed by atoms with Crippen molar-refractivity contribution >= 4 is 44.7 Å². The lowest BCUT2D eigenvalue weighted by Gasteiger charge is -2.12. The van der Waals surface area contributed by atoms with Crippen molar-refractivity contribution in [1.29, 1.82) is 0 Å². The highest BCUT2D eigenvalue weighted by atomic mass is 32.1. The number of hydrogen-bond acceptors (Lipinski definition) is 7. The van der Waals surface area contributed by atoms with Crippen LogP contribution in [0.2, 0.25) is 0 Å². The molecule has 8 nitrogen and oxygen atoms in total. The topological polar surface area (TPSA) is 103 Å². The lowest BCUT2D eigenvalue weighted by Crippen LogP contribution is -2.08. The summed E-state index contributed by atoms with van der Waals surface area (Å²) in [6, 6.07) is 13.8. The molecule has 0 unspecified atom stereocenters. The fourth-order valence-electron chi connectivity index (χ4n) is 4.09. The molecule has 0 aliphatic carbocycles. The molecule has 0 radical (unpaired) electrons. The molecule has 0 saturated carbocycles. The van der Waals surface area contributed by atoms with Gasteiger partial charge in [0.25, 0.3) is 0 Å². The number of H-pyrrole nitrogens is 2. The van der Waals surface area contributed by atoms with Crippen molar-refractivity contribution in [2.24, 2.45) is 0 Å². The number of carbonyl (C=O) groups excluding carboxylic acids is 1. The maximum Gasteiger partial charge on any atom is 0.169 e. The van der Waals surface area contributed by atoms with Crippen LogP contribution in [0.5, 0.6) is 0 Å². The van der Waals surface area contributed by atoms with Gasteiger partial charge in [-0.05, 0) is 49.4 Å². The van der Waals surface area contributed by atoms with E-state index >= 15 is 0 Å². The number of nitrogens with one attached hydrogen (secondary N) is 2. The number of rotatable bonds is 5. The molecule has 2 N–H and O–H groups in total. The Morgan fingerprint density at radius 2 is 1.89 bits per heavy atom. The number of hydrogen-bond donors (Lipinski definition) is 2. The average Bonchev–Trinajstić information content (AvgIpc) is 3.61. The Labute approximate surface area is 204 Å². The van der Waals surface area contributed by atoms with Crippen LogP contribution in [-0.4, -0.2) is 50.0 Å². The van der Waals surface area contributed by atoms with Crippen LogP contribution >= 0.6 is 11.3 Å². The number of Topliss-reactive ketones (excluding diaryl/α,β-unsaturated/α-hetero) is 1. The molecule has 0 aliphatic heterocycles. The first-order valence-electron chi connectivity index (χ1n) is 11.0. The largest absolute Gasteiger partial charge is 0.376 e. The normalized spacial score (nSPS) is 11.4. The Balaban J connectivity index is 1.46. The summed E-state index contributed by atoms with van der Waals surface area (Å²) >= 11 is 1.45. The molecule has 35 heavy (non-hydrogen) atoms. The molecule has 0 bridgehead atoms. The predicted octanol–water partition coefficient (Wildman–Crippen LogP) is 5.56. The number of pyridine rings is 3. The van der Waals surface area contributed by atoms with Gasteiger partial charge in [-0.2, -0.15) is 5.10 Å². The van der Waals surface area contributed by atoms with Crippen LogP contribution in [0.1, 0.15) is 16.6 Å². The van der Waals surface area contributed by atoms with Crippen molar-refractivity contribution < 1.29 is 4.79 Å². The number of ketones is 1. The van der Waals surface area contributed by atoms with Gasteiger partial charge in [-0.15, -0.1) is 11.3 Å². The Hall–Kier alpha value is -4.37. The number of carbonyl (C=O) groups is 1. The minimum absolute atomic E-state index is 0.0550. The summed E-state index contributed by atoms with van der Waals surface area (Å²) in [6.07, 6.45) is 5.42. The van der Waals surface area contributed by atoms with Crippen molar-refractivity contribution in [3.63, 3.8) is 0 Å². The zero-order chi connectivity index (χ0) is 24.1. The number of aromatic nitrogens is 6. The Kier molecular flexibility index (Phi) is 4.93. The number of aromatic amines is 2. The molecule has 0 aliphatic rings. The SMILES string of the molecule is CC(=O)c1ccc(-c2nccc3[nH]c(-c4n[nH]c5ccc(-c6cncc(N(C)C)c6)nc45)cc23)s1. The number of nitrogens with zero attached hydrogens (tertiary/aromatic N) is 5. The quantitative estimate of drug-likeness (QED) is 0.314. The predicted molar refractivity (Wildman–Crippen MR) is 140 cm³/mol. The summed E-state index contributed by atoms with van der Waals surface area (Å²) in [5.74, 6) is 0.0550. The van der Waals surface area contributed by atoms with Gasteiger partial charge in [-0.1, -0.05) is 0 Å². The van der Waals surface area contributed by atoms with Crippen molar-refractivity contribution in [3.8, 4) is 33.2 Å². The highest BCUT2D eigenvalue weighted by Crippen LogP contribution is 2.35. The van der Waals surface area contributed by atoms with Gasteiger partial charge < -0.3 is 9.88 Å². The third-order valence-electron chi connectivity index (χ3n) is 5.93. The van der Waals surface area contributed by atoms with Crippen LogP contribution < -0.4 is 4.90 Å². The first-order chi connectivity index (χ1) is 17.0. The minimum Gasteiger partial charge on any atom is -0.376 e. The summed E-state index contributed by atoms with van der Waals surface area (Å²) < 4.78 is 0. The molecule has 6 heterocycles. The summed E-state index contributed by atoms with van der Waals surface area (Å²) in [6.45, 7) is 1.58. The Morgan fingerprint density at radius 3 is 2.69 bits per heavy atom. The molecule has 6 rings (SSSR count). The second-order valence-corrected chi connectivity index (χ2v) is 9.60. The van der Waals surface area contributed by atoms with E-state index in [0.717, 1.165) is 65.7 Å². The number of fused-ring (bicyclic) bond motifs is 2. The van der Waals surface area contributed by atoms with E-state index in [1.165, 1.54) is 11.3 Å². The second-order valence-electron chi connectivity index (χ2n) is 8.52. The minimum atomic E-state index is 0.0550. The van der Waals surface area contributed by atoms with E-state index in [-0.39, 0.29) is 5.78 Å². The first-order valence-corrected chi connectivity index (χ1v) is 11.9. The molecule has 6 aromatic heterocycles. The van der Waals surface area contributed by atoms with E-state index in [0.29, 0.717) is 0 Å². The van der Waals surface area contributed by atoms with Crippen molar-refractivity contribution in [1.82, 2.24) is 30.1 Å². The van der Waals surface area contributed by atoms with Crippen LogP contribution in [0.3, 0.4) is 0 Å². The molecule has 6 aromatic rings. The van der Waals surface area contributed by atoms with Gasteiger partial charge in [0.2, 0.25) is 0 Å². The monoisotopic (exact) mass is 479 g/mol. The maximum atomic E-state index is 11.8. The van der Waals surface area contributed by atoms with Crippen molar-refractivity contribution in [3.05, 3.63) is 65.9 Å². The molecular weight excluding hydrogens is 458 g/mol. The van der Waals surface area contributed by atoms with E-state index in [1.807, 2.05) is 67.8 Å². The average molecular weight is 480 g/mol. The highest BCUT2D eigenvalue weighted by molar-refractivity contribution is 7.17. The lowest BCUT2D eigenvalue weighted by atomic mass is 10.1. The highest BCUT2D eigenvalue weighted by Gasteiger charge is 2.17. The van der Waals surface area contributed by atoms with Gasteiger partial charge in [0, 0.05) is 43.0 Å². The zero-order valence-corrected chi connectivity index (χ0v) is 20.1. The second kappa shape index (κ2) is 8.14. The van der Waals surface area contributed by atoms with Crippen LogP contribution in [0.15, 0.2) is 61.1 Å². The zero-order valence-electron chi connectivity index (χ0n) is 19.3. The molecule has 9 heteroatoms. The van der Waals surface area contributed by atoms with Gasteiger partial charge in [0.1, 0.15) is 11.2 Å². The summed E-state index contributed by atoms with van der Waals surface area (Å²) in [5, 5.41) is 8.63. The molecule has 0 saturated heterocycles. The molecule has 172 valence electrons. The van der Waals surface area contributed by atoms with Crippen LogP contribution in [0.25, 0.3) is 55.2 Å². The van der Waals surface area contributed by atoms with Crippen LogP contribution in [0, 0.1) is 0 Å². The first kappa shape index (κ1) is 21.2. The Morgan fingerprint density at radius 1 is 1.00 bits per heavy atom. The van der Waals surface area contributed by atoms with Gasteiger partial charge in [0.15, 0.2) is 5.78 Å². The number of thiophene rings is 1. The van der Waals surface area contributed by atoms with E-state index in [2.05, 4.69) is 31.2 Å².